The summed E-state index contributed by atoms with van der Waals surface area (Å²) in [7, 11) is 0. The molecular weight excluding hydrogens is 276 g/mol. The van der Waals surface area contributed by atoms with Crippen LogP contribution in [0.25, 0.3) is 0 Å². The van der Waals surface area contributed by atoms with Crippen LogP contribution < -0.4 is 5.32 Å². The van der Waals surface area contributed by atoms with Crippen molar-refractivity contribution < 1.29 is 9.59 Å². The van der Waals surface area contributed by atoms with Crippen LogP contribution in [0, 0.1) is 12.8 Å². The number of hydrogen-bond acceptors (Lipinski definition) is 2. The van der Waals surface area contributed by atoms with Crippen LogP contribution in [0.2, 0.25) is 0 Å². The van der Waals surface area contributed by atoms with Crippen LogP contribution in [0.4, 0.5) is 0 Å². The highest BCUT2D eigenvalue weighted by molar-refractivity contribution is 5.80. The van der Waals surface area contributed by atoms with E-state index in [-0.39, 0.29) is 17.7 Å². The van der Waals surface area contributed by atoms with E-state index in [1.807, 2.05) is 36.9 Å². The number of amides is 2. The second-order valence-electron chi connectivity index (χ2n) is 6.11. The molecule has 0 aliphatic carbocycles. The molecule has 0 saturated carbocycles. The predicted octanol–water partition coefficient (Wildman–Crippen LogP) is 2.65. The molecule has 2 amide bonds. The molecule has 0 spiro atoms. The van der Waals surface area contributed by atoms with Gasteiger partial charge in [0.2, 0.25) is 11.8 Å². The van der Waals surface area contributed by atoms with E-state index in [1.54, 1.807) is 0 Å². The number of benzene rings is 1. The molecule has 1 heterocycles. The van der Waals surface area contributed by atoms with Crippen molar-refractivity contribution in [2.75, 3.05) is 13.1 Å². The zero-order valence-electron chi connectivity index (χ0n) is 13.6. The second kappa shape index (κ2) is 7.97. The standard InChI is InChI=1S/C18H26N2O2/c1-3-5-17(21)20-10-8-16(9-11-20)18(22)19-13-15-7-4-6-14(2)12-15/h4,6-7,12,16H,3,5,8-11,13H2,1-2H3,(H,19,22). The fourth-order valence-corrected chi connectivity index (χ4v) is 2.92. The van der Waals surface area contributed by atoms with Gasteiger partial charge in [0.15, 0.2) is 0 Å². The molecule has 0 radical (unpaired) electrons. The molecular formula is C18H26N2O2. The average molecular weight is 302 g/mol. The summed E-state index contributed by atoms with van der Waals surface area (Å²) in [5, 5.41) is 3.02. The van der Waals surface area contributed by atoms with Crippen molar-refractivity contribution in [3.05, 3.63) is 35.4 Å². The number of likely N-dealkylation sites (tertiary alicyclic amines) is 1. The van der Waals surface area contributed by atoms with Gasteiger partial charge in [0.05, 0.1) is 0 Å². The van der Waals surface area contributed by atoms with E-state index in [2.05, 4.69) is 11.4 Å². The molecule has 0 unspecified atom stereocenters. The molecule has 0 aromatic heterocycles. The molecule has 0 atom stereocenters. The van der Waals surface area contributed by atoms with E-state index in [4.69, 9.17) is 0 Å². The lowest BCUT2D eigenvalue weighted by molar-refractivity contribution is -0.135. The molecule has 1 aliphatic heterocycles. The van der Waals surface area contributed by atoms with E-state index in [1.165, 1.54) is 5.56 Å². The maximum Gasteiger partial charge on any atom is 0.223 e. The Hall–Kier alpha value is -1.84. The number of rotatable bonds is 5. The first-order chi connectivity index (χ1) is 10.6. The maximum atomic E-state index is 12.2. The van der Waals surface area contributed by atoms with Crippen LogP contribution >= 0.6 is 0 Å². The van der Waals surface area contributed by atoms with Gasteiger partial charge >= 0.3 is 0 Å². The molecule has 1 N–H and O–H groups in total. The van der Waals surface area contributed by atoms with Gasteiger partial charge in [-0.1, -0.05) is 36.8 Å². The maximum absolute atomic E-state index is 12.2. The molecule has 2 rings (SSSR count). The highest BCUT2D eigenvalue weighted by Gasteiger charge is 2.26. The highest BCUT2D eigenvalue weighted by Crippen LogP contribution is 2.18. The summed E-state index contributed by atoms with van der Waals surface area (Å²) >= 11 is 0. The number of hydrogen-bond donors (Lipinski definition) is 1. The van der Waals surface area contributed by atoms with Gasteiger partial charge in [-0.15, -0.1) is 0 Å². The van der Waals surface area contributed by atoms with Crippen LogP contribution in [-0.4, -0.2) is 29.8 Å². The summed E-state index contributed by atoms with van der Waals surface area (Å²) in [5.41, 5.74) is 2.33. The molecule has 4 heteroatoms. The zero-order chi connectivity index (χ0) is 15.9. The molecule has 1 aromatic carbocycles. The van der Waals surface area contributed by atoms with Crippen molar-refractivity contribution in [1.29, 1.82) is 0 Å². The van der Waals surface area contributed by atoms with Crippen LogP contribution in [0.15, 0.2) is 24.3 Å². The van der Waals surface area contributed by atoms with E-state index < -0.39 is 0 Å². The molecule has 1 saturated heterocycles. The van der Waals surface area contributed by atoms with Crippen LogP contribution in [-0.2, 0) is 16.1 Å². The summed E-state index contributed by atoms with van der Waals surface area (Å²) in [6.45, 7) is 6.07. The minimum absolute atomic E-state index is 0.0375. The number of piperidine rings is 1. The van der Waals surface area contributed by atoms with Gasteiger partial charge in [0.25, 0.3) is 0 Å². The molecule has 1 aromatic rings. The zero-order valence-corrected chi connectivity index (χ0v) is 13.6. The summed E-state index contributed by atoms with van der Waals surface area (Å²) in [4.78, 5) is 26.0. The molecule has 1 aliphatic rings. The Morgan fingerprint density at radius 2 is 2.00 bits per heavy atom. The summed E-state index contributed by atoms with van der Waals surface area (Å²) in [6, 6.07) is 8.18. The first-order valence-electron chi connectivity index (χ1n) is 8.21. The van der Waals surface area contributed by atoms with E-state index in [0.29, 0.717) is 26.1 Å². The first kappa shape index (κ1) is 16.5. The van der Waals surface area contributed by atoms with Gasteiger partial charge in [-0.05, 0) is 31.7 Å². The van der Waals surface area contributed by atoms with Crippen LogP contribution in [0.5, 0.6) is 0 Å². The number of aryl methyl sites for hydroxylation is 1. The molecule has 4 nitrogen and oxygen atoms in total. The molecule has 120 valence electrons. The molecule has 0 bridgehead atoms. The molecule has 1 fully saturated rings. The third kappa shape index (κ3) is 4.58. The number of nitrogens with one attached hydrogen (secondary N) is 1. The normalized spacial score (nSPS) is 15.6. The fourth-order valence-electron chi connectivity index (χ4n) is 2.92. The van der Waals surface area contributed by atoms with E-state index in [9.17, 15) is 9.59 Å². The minimum Gasteiger partial charge on any atom is -0.352 e. The lowest BCUT2D eigenvalue weighted by atomic mass is 9.95. The Bertz CT molecular complexity index is 520. The van der Waals surface area contributed by atoms with Gasteiger partial charge < -0.3 is 10.2 Å². The second-order valence-corrected chi connectivity index (χ2v) is 6.11. The van der Waals surface area contributed by atoms with Crippen LogP contribution in [0.1, 0.15) is 43.7 Å². The van der Waals surface area contributed by atoms with Gasteiger partial charge in [0.1, 0.15) is 0 Å². The van der Waals surface area contributed by atoms with Crippen molar-refractivity contribution >= 4 is 11.8 Å². The predicted molar refractivity (Wildman–Crippen MR) is 87.2 cm³/mol. The van der Waals surface area contributed by atoms with Crippen molar-refractivity contribution in [1.82, 2.24) is 10.2 Å². The van der Waals surface area contributed by atoms with Gasteiger partial charge in [0, 0.05) is 32.0 Å². The lowest BCUT2D eigenvalue weighted by Gasteiger charge is -2.31. The van der Waals surface area contributed by atoms with Crippen molar-refractivity contribution in [2.45, 2.75) is 46.1 Å². The number of carbonyl (C=O) groups is 2. The fraction of sp³-hybridized carbons (Fsp3) is 0.556. The Morgan fingerprint density at radius 3 is 2.64 bits per heavy atom. The van der Waals surface area contributed by atoms with Crippen molar-refractivity contribution in [3.63, 3.8) is 0 Å². The van der Waals surface area contributed by atoms with Gasteiger partial charge in [-0.25, -0.2) is 0 Å². The lowest BCUT2D eigenvalue weighted by Crippen LogP contribution is -2.42. The number of carbonyl (C=O) groups excluding carboxylic acids is 2. The number of nitrogens with zero attached hydrogens (tertiary/aromatic N) is 1. The highest BCUT2D eigenvalue weighted by atomic mass is 16.2. The third-order valence-electron chi connectivity index (χ3n) is 4.23. The van der Waals surface area contributed by atoms with Crippen molar-refractivity contribution in [2.24, 2.45) is 5.92 Å². The Morgan fingerprint density at radius 1 is 1.27 bits per heavy atom. The Kier molecular flexibility index (Phi) is 5.99. The van der Waals surface area contributed by atoms with Gasteiger partial charge in [-0.2, -0.15) is 0 Å². The monoisotopic (exact) mass is 302 g/mol. The average Bonchev–Trinajstić information content (AvgIpc) is 2.53. The van der Waals surface area contributed by atoms with Gasteiger partial charge in [-0.3, -0.25) is 9.59 Å². The SMILES string of the molecule is CCCC(=O)N1CCC(C(=O)NCc2cccc(C)c2)CC1. The van der Waals surface area contributed by atoms with E-state index in [0.717, 1.165) is 24.8 Å². The third-order valence-corrected chi connectivity index (χ3v) is 4.23. The molecule has 22 heavy (non-hydrogen) atoms. The summed E-state index contributed by atoms with van der Waals surface area (Å²) < 4.78 is 0. The largest absolute Gasteiger partial charge is 0.352 e. The van der Waals surface area contributed by atoms with E-state index >= 15 is 0 Å². The topological polar surface area (TPSA) is 49.4 Å². The Labute approximate surface area is 132 Å². The quantitative estimate of drug-likeness (QED) is 0.909. The summed E-state index contributed by atoms with van der Waals surface area (Å²) in [5.74, 6) is 0.376. The Balaban J connectivity index is 1.76. The smallest absolute Gasteiger partial charge is 0.223 e. The van der Waals surface area contributed by atoms with Crippen molar-refractivity contribution in [3.8, 4) is 0 Å². The minimum atomic E-state index is 0.0375. The first-order valence-corrected chi connectivity index (χ1v) is 8.21. The summed E-state index contributed by atoms with van der Waals surface area (Å²) in [6.07, 6.45) is 3.05. The van der Waals surface area contributed by atoms with Crippen LogP contribution in [0.3, 0.4) is 0 Å².